The number of para-hydroxylation sites is 1. The van der Waals surface area contributed by atoms with E-state index in [0.29, 0.717) is 37.0 Å². The van der Waals surface area contributed by atoms with E-state index >= 15 is 0 Å². The molecule has 1 saturated heterocycles. The van der Waals surface area contributed by atoms with Crippen molar-refractivity contribution in [2.45, 2.75) is 38.1 Å². The van der Waals surface area contributed by atoms with Gasteiger partial charge in [-0.3, -0.25) is 19.0 Å². The molecule has 1 aromatic carbocycles. The molecule has 2 heterocycles. The molecule has 3 rings (SSSR count). The molecule has 0 aliphatic carbocycles. The zero-order valence-corrected chi connectivity index (χ0v) is 19.7. The van der Waals surface area contributed by atoms with Gasteiger partial charge < -0.3 is 24.4 Å². The van der Waals surface area contributed by atoms with Crippen LogP contribution < -0.4 is 5.32 Å². The smallest absolute Gasteiger partial charge is 0.418 e. The fourth-order valence-corrected chi connectivity index (χ4v) is 4.36. The summed E-state index contributed by atoms with van der Waals surface area (Å²) in [5.74, 6) is -1.36. The Hall–Kier alpha value is -3.40. The van der Waals surface area contributed by atoms with Gasteiger partial charge in [-0.1, -0.05) is 18.2 Å². The summed E-state index contributed by atoms with van der Waals surface area (Å²) in [6, 6.07) is 6.83. The maximum Gasteiger partial charge on any atom is 0.418 e. The summed E-state index contributed by atoms with van der Waals surface area (Å²) in [6.07, 6.45) is 2.85. The minimum absolute atomic E-state index is 0.101. The summed E-state index contributed by atoms with van der Waals surface area (Å²) in [5, 5.41) is 3.56. The van der Waals surface area contributed by atoms with Gasteiger partial charge in [-0.05, 0) is 30.9 Å². The number of nitrogens with one attached hydrogen (secondary N) is 1. The first kappa shape index (κ1) is 25.2. The Balaban J connectivity index is 1.57. The third-order valence-corrected chi connectivity index (χ3v) is 6.03. The molecule has 184 valence electrons. The Kier molecular flexibility index (Phi) is 8.64. The SMILES string of the molecule is COC(=O)C(CCOCCNC(=O)C1CCCN1C(C)=O)c1cn(C(=O)OC)c2ccccc12. The zero-order chi connectivity index (χ0) is 24.7. The molecule has 34 heavy (non-hydrogen) atoms. The molecule has 2 amide bonds. The lowest BCUT2D eigenvalue weighted by atomic mass is 9.95. The van der Waals surface area contributed by atoms with Gasteiger partial charge >= 0.3 is 12.1 Å². The van der Waals surface area contributed by atoms with E-state index in [2.05, 4.69) is 5.32 Å². The Bertz CT molecular complexity index is 1050. The van der Waals surface area contributed by atoms with Gasteiger partial charge in [0.1, 0.15) is 6.04 Å². The molecule has 0 spiro atoms. The fourth-order valence-electron chi connectivity index (χ4n) is 4.36. The van der Waals surface area contributed by atoms with Crippen LogP contribution in [0.3, 0.4) is 0 Å². The van der Waals surface area contributed by atoms with E-state index in [4.69, 9.17) is 14.2 Å². The van der Waals surface area contributed by atoms with Crippen LogP contribution in [-0.4, -0.2) is 79.9 Å². The normalized spacial score (nSPS) is 16.3. The molecule has 1 aliphatic heterocycles. The van der Waals surface area contributed by atoms with Gasteiger partial charge in [0.2, 0.25) is 11.8 Å². The number of esters is 1. The molecule has 1 aromatic heterocycles. The number of hydrogen-bond donors (Lipinski definition) is 1. The van der Waals surface area contributed by atoms with Gasteiger partial charge in [0.15, 0.2) is 0 Å². The molecule has 1 N–H and O–H groups in total. The molecule has 2 unspecified atom stereocenters. The summed E-state index contributed by atoms with van der Waals surface area (Å²) in [5.41, 5.74) is 1.28. The van der Waals surface area contributed by atoms with Gasteiger partial charge in [-0.2, -0.15) is 0 Å². The maximum atomic E-state index is 12.6. The second-order valence-corrected chi connectivity index (χ2v) is 8.08. The number of ether oxygens (including phenoxy) is 3. The Morgan fingerprint density at radius 3 is 2.59 bits per heavy atom. The van der Waals surface area contributed by atoms with Crippen molar-refractivity contribution in [3.63, 3.8) is 0 Å². The number of fused-ring (bicyclic) bond motifs is 1. The Morgan fingerprint density at radius 2 is 1.88 bits per heavy atom. The van der Waals surface area contributed by atoms with Crippen molar-refractivity contribution in [2.24, 2.45) is 0 Å². The third-order valence-electron chi connectivity index (χ3n) is 6.03. The summed E-state index contributed by atoms with van der Waals surface area (Å²) in [4.78, 5) is 50.3. The molecule has 1 fully saturated rings. The van der Waals surface area contributed by atoms with Crippen molar-refractivity contribution in [2.75, 3.05) is 40.5 Å². The van der Waals surface area contributed by atoms with Crippen molar-refractivity contribution in [1.82, 2.24) is 14.8 Å². The van der Waals surface area contributed by atoms with Crippen LogP contribution in [0.15, 0.2) is 30.5 Å². The molecule has 0 saturated carbocycles. The highest BCUT2D eigenvalue weighted by Crippen LogP contribution is 2.31. The summed E-state index contributed by atoms with van der Waals surface area (Å²) in [6.45, 7) is 2.87. The van der Waals surface area contributed by atoms with Crippen LogP contribution in [0.1, 0.15) is 37.7 Å². The highest BCUT2D eigenvalue weighted by molar-refractivity contribution is 5.95. The molecule has 2 aromatic rings. The van der Waals surface area contributed by atoms with Crippen molar-refractivity contribution in [3.05, 3.63) is 36.0 Å². The fraction of sp³-hybridized carbons (Fsp3) is 0.500. The highest BCUT2D eigenvalue weighted by atomic mass is 16.5. The first-order chi connectivity index (χ1) is 16.4. The Morgan fingerprint density at radius 1 is 1.12 bits per heavy atom. The number of carbonyl (C=O) groups is 4. The lowest BCUT2D eigenvalue weighted by molar-refractivity contribution is -0.143. The van der Waals surface area contributed by atoms with Crippen molar-refractivity contribution < 1.29 is 33.4 Å². The lowest BCUT2D eigenvalue weighted by Crippen LogP contribution is -2.45. The number of aromatic nitrogens is 1. The van der Waals surface area contributed by atoms with E-state index in [1.165, 1.54) is 25.7 Å². The molecule has 2 atom stereocenters. The predicted molar refractivity (Wildman–Crippen MR) is 123 cm³/mol. The van der Waals surface area contributed by atoms with Crippen molar-refractivity contribution in [1.29, 1.82) is 0 Å². The highest BCUT2D eigenvalue weighted by Gasteiger charge is 2.32. The van der Waals surface area contributed by atoms with Crippen LogP contribution in [0.2, 0.25) is 0 Å². The first-order valence-corrected chi connectivity index (χ1v) is 11.3. The van der Waals surface area contributed by atoms with E-state index in [9.17, 15) is 19.2 Å². The first-order valence-electron chi connectivity index (χ1n) is 11.3. The maximum absolute atomic E-state index is 12.6. The average molecular weight is 474 g/mol. The van der Waals surface area contributed by atoms with E-state index in [1.807, 2.05) is 12.1 Å². The summed E-state index contributed by atoms with van der Waals surface area (Å²) >= 11 is 0. The largest absolute Gasteiger partial charge is 0.469 e. The average Bonchev–Trinajstić information content (AvgIpc) is 3.48. The van der Waals surface area contributed by atoms with Gasteiger partial charge in [0.25, 0.3) is 0 Å². The minimum atomic E-state index is -0.641. The number of carbonyl (C=O) groups excluding carboxylic acids is 4. The van der Waals surface area contributed by atoms with Gasteiger partial charge in [-0.15, -0.1) is 0 Å². The van der Waals surface area contributed by atoms with E-state index in [1.54, 1.807) is 23.2 Å². The monoisotopic (exact) mass is 473 g/mol. The van der Waals surface area contributed by atoms with Crippen LogP contribution in [0, 0.1) is 0 Å². The molecule has 1 aliphatic rings. The quantitative estimate of drug-likeness (QED) is 0.438. The molecular formula is C24H31N3O7. The second-order valence-electron chi connectivity index (χ2n) is 8.08. The van der Waals surface area contributed by atoms with Crippen molar-refractivity contribution in [3.8, 4) is 0 Å². The van der Waals surface area contributed by atoms with Crippen LogP contribution in [-0.2, 0) is 28.6 Å². The standard InChI is InChI=1S/C24H31N3O7/c1-16(28)26-12-6-9-21(26)22(29)25-11-14-34-13-10-18(23(30)32-2)19-15-27(24(31)33-3)20-8-5-4-7-17(19)20/h4-5,7-8,15,18,21H,6,9-14H2,1-3H3,(H,25,29). The molecule has 10 nitrogen and oxygen atoms in total. The molecular weight excluding hydrogens is 442 g/mol. The van der Waals surface area contributed by atoms with Gasteiger partial charge in [-0.25, -0.2) is 4.79 Å². The molecule has 0 radical (unpaired) electrons. The van der Waals surface area contributed by atoms with Gasteiger partial charge in [0.05, 0.1) is 32.3 Å². The molecule has 10 heteroatoms. The lowest BCUT2D eigenvalue weighted by Gasteiger charge is -2.22. The number of likely N-dealkylation sites (tertiary alicyclic amines) is 1. The third kappa shape index (κ3) is 5.56. The van der Waals surface area contributed by atoms with Crippen LogP contribution in [0.25, 0.3) is 10.9 Å². The number of rotatable bonds is 9. The number of methoxy groups -OCH3 is 2. The van der Waals surface area contributed by atoms with Crippen molar-refractivity contribution >= 4 is 34.8 Å². The number of amides is 2. The summed E-state index contributed by atoms with van der Waals surface area (Å²) in [7, 11) is 2.62. The van der Waals surface area contributed by atoms with Crippen LogP contribution >= 0.6 is 0 Å². The minimum Gasteiger partial charge on any atom is -0.469 e. The van der Waals surface area contributed by atoms with Crippen LogP contribution in [0.4, 0.5) is 4.79 Å². The zero-order valence-electron chi connectivity index (χ0n) is 19.7. The second kappa shape index (κ2) is 11.6. The van der Waals surface area contributed by atoms with E-state index in [0.717, 1.165) is 11.8 Å². The number of benzene rings is 1. The summed E-state index contributed by atoms with van der Waals surface area (Å²) < 4.78 is 16.9. The van der Waals surface area contributed by atoms with Crippen LogP contribution in [0.5, 0.6) is 0 Å². The Labute approximate surface area is 198 Å². The van der Waals surface area contributed by atoms with Gasteiger partial charge in [0, 0.05) is 38.2 Å². The number of nitrogens with zero attached hydrogens (tertiary/aromatic N) is 2. The molecule has 0 bridgehead atoms. The van der Waals surface area contributed by atoms with E-state index in [-0.39, 0.29) is 25.0 Å². The predicted octanol–water partition coefficient (Wildman–Crippen LogP) is 2.05. The number of hydrogen-bond acceptors (Lipinski definition) is 7. The topological polar surface area (TPSA) is 116 Å². The van der Waals surface area contributed by atoms with E-state index < -0.39 is 24.0 Å².